The number of benzene rings is 2. The van der Waals surface area contributed by atoms with E-state index in [0.717, 1.165) is 33.8 Å². The fourth-order valence-corrected chi connectivity index (χ4v) is 5.12. The van der Waals surface area contributed by atoms with Crippen LogP contribution in [0.1, 0.15) is 39.2 Å². The Balaban J connectivity index is 1.82. The molecular weight excluding hydrogens is 466 g/mol. The first-order valence-electron chi connectivity index (χ1n) is 10.9. The second kappa shape index (κ2) is 8.85. The smallest absolute Gasteiger partial charge is 0.270 e. The van der Waals surface area contributed by atoms with Gasteiger partial charge in [-0.2, -0.15) is 0 Å². The lowest BCUT2D eigenvalue weighted by atomic mass is 10.0. The Kier molecular flexibility index (Phi) is 6.23. The number of nitrogens with zero attached hydrogens (tertiary/aromatic N) is 2. The second-order valence-electron chi connectivity index (χ2n) is 8.75. The zero-order valence-electron chi connectivity index (χ0n) is 20.0. The van der Waals surface area contributed by atoms with Gasteiger partial charge in [0.2, 0.25) is 0 Å². The van der Waals surface area contributed by atoms with E-state index in [1.165, 1.54) is 10.5 Å². The van der Waals surface area contributed by atoms with Crippen molar-refractivity contribution in [2.45, 2.75) is 41.5 Å². The molecule has 0 bridgehead atoms. The van der Waals surface area contributed by atoms with E-state index in [9.17, 15) is 9.59 Å². The van der Waals surface area contributed by atoms with Crippen LogP contribution in [-0.2, 0) is 9.59 Å². The predicted molar refractivity (Wildman–Crippen MR) is 142 cm³/mol. The van der Waals surface area contributed by atoms with Crippen LogP contribution in [-0.4, -0.2) is 21.5 Å². The molecule has 3 aromatic rings. The van der Waals surface area contributed by atoms with Crippen LogP contribution < -0.4 is 10.2 Å². The number of hydrogen-bond acceptors (Lipinski definition) is 3. The molecule has 174 valence electrons. The molecule has 5 nitrogen and oxygen atoms in total. The van der Waals surface area contributed by atoms with Crippen molar-refractivity contribution < 1.29 is 9.59 Å². The molecule has 0 radical (unpaired) electrons. The average molecular weight is 492 g/mol. The summed E-state index contributed by atoms with van der Waals surface area (Å²) in [5, 5.41) is 3.20. The summed E-state index contributed by atoms with van der Waals surface area (Å²) in [7, 11) is 0. The number of amides is 2. The molecule has 2 aromatic carbocycles. The average Bonchev–Trinajstić information content (AvgIpc) is 3.01. The van der Waals surface area contributed by atoms with Crippen molar-refractivity contribution in [1.82, 2.24) is 9.88 Å². The Morgan fingerprint density at radius 3 is 2.26 bits per heavy atom. The standard InChI is InChI=1S/C27H26ClN3O2S/c1-14-10-15(2)24(16(3)11-14)30-17(4)12-20(19(30)6)13-21-25(32)29-27(34)31(26(21)33)23-9-7-8-22(28)18(23)5/h7-13H,1-6H3,(H,29,32,34)/b21-13+. The van der Waals surface area contributed by atoms with E-state index >= 15 is 0 Å². The van der Waals surface area contributed by atoms with Crippen molar-refractivity contribution in [1.29, 1.82) is 0 Å². The van der Waals surface area contributed by atoms with Gasteiger partial charge in [-0.25, -0.2) is 0 Å². The molecule has 2 heterocycles. The summed E-state index contributed by atoms with van der Waals surface area (Å²) in [5.41, 5.74) is 8.68. The Morgan fingerprint density at radius 2 is 1.62 bits per heavy atom. The molecule has 0 atom stereocenters. The van der Waals surface area contributed by atoms with Crippen molar-refractivity contribution in [3.63, 3.8) is 0 Å². The molecule has 1 N–H and O–H groups in total. The zero-order chi connectivity index (χ0) is 24.9. The predicted octanol–water partition coefficient (Wildman–Crippen LogP) is 5.81. The Bertz CT molecular complexity index is 1390. The van der Waals surface area contributed by atoms with E-state index in [1.807, 2.05) is 26.8 Å². The van der Waals surface area contributed by atoms with Crippen molar-refractivity contribution in [3.05, 3.63) is 86.2 Å². The van der Waals surface area contributed by atoms with Crippen LogP contribution in [0.3, 0.4) is 0 Å². The van der Waals surface area contributed by atoms with Gasteiger partial charge in [-0.15, -0.1) is 0 Å². The van der Waals surface area contributed by atoms with Crippen LogP contribution in [0.25, 0.3) is 11.8 Å². The summed E-state index contributed by atoms with van der Waals surface area (Å²) in [6.07, 6.45) is 1.64. The van der Waals surface area contributed by atoms with Gasteiger partial charge in [-0.3, -0.25) is 19.8 Å². The molecule has 0 unspecified atom stereocenters. The summed E-state index contributed by atoms with van der Waals surface area (Å²) >= 11 is 11.6. The Hall–Kier alpha value is -3.22. The number of anilines is 1. The number of carbonyl (C=O) groups is 2. The number of rotatable bonds is 3. The fourth-order valence-electron chi connectivity index (χ4n) is 4.67. The normalized spacial score (nSPS) is 15.3. The highest BCUT2D eigenvalue weighted by Gasteiger charge is 2.35. The monoisotopic (exact) mass is 491 g/mol. The number of nitrogens with one attached hydrogen (secondary N) is 1. The molecule has 34 heavy (non-hydrogen) atoms. The topological polar surface area (TPSA) is 54.3 Å². The minimum atomic E-state index is -0.515. The molecule has 0 spiro atoms. The summed E-state index contributed by atoms with van der Waals surface area (Å²) in [4.78, 5) is 27.6. The SMILES string of the molecule is Cc1cc(C)c(-n2c(C)cc(/C=C3\C(=O)NC(=S)N(c4cccc(Cl)c4C)C3=O)c2C)c(C)c1. The van der Waals surface area contributed by atoms with Crippen LogP contribution in [0.5, 0.6) is 0 Å². The second-order valence-corrected chi connectivity index (χ2v) is 9.54. The quantitative estimate of drug-likeness (QED) is 0.285. The van der Waals surface area contributed by atoms with Crippen LogP contribution in [0.15, 0.2) is 42.0 Å². The van der Waals surface area contributed by atoms with Crippen molar-refractivity contribution in [3.8, 4) is 5.69 Å². The molecule has 0 aliphatic carbocycles. The van der Waals surface area contributed by atoms with E-state index in [1.54, 1.807) is 24.3 Å². The highest BCUT2D eigenvalue weighted by Crippen LogP contribution is 2.31. The molecule has 7 heteroatoms. The third-order valence-corrected chi connectivity index (χ3v) is 6.90. The molecule has 0 saturated carbocycles. The van der Waals surface area contributed by atoms with Gasteiger partial charge >= 0.3 is 0 Å². The molecule has 1 saturated heterocycles. The lowest BCUT2D eigenvalue weighted by Gasteiger charge is -2.30. The van der Waals surface area contributed by atoms with Gasteiger partial charge in [0.15, 0.2) is 5.11 Å². The first kappa shape index (κ1) is 23.9. The van der Waals surface area contributed by atoms with Crippen LogP contribution in [0, 0.1) is 41.5 Å². The number of thiocarbonyl (C=S) groups is 1. The van der Waals surface area contributed by atoms with Crippen molar-refractivity contribution in [2.24, 2.45) is 0 Å². The zero-order valence-corrected chi connectivity index (χ0v) is 21.6. The molecule has 1 fully saturated rings. The van der Waals surface area contributed by atoms with Crippen LogP contribution >= 0.6 is 23.8 Å². The Morgan fingerprint density at radius 1 is 0.971 bits per heavy atom. The lowest BCUT2D eigenvalue weighted by molar-refractivity contribution is -0.122. The molecule has 4 rings (SSSR count). The lowest BCUT2D eigenvalue weighted by Crippen LogP contribution is -2.54. The fraction of sp³-hybridized carbons (Fsp3) is 0.222. The maximum absolute atomic E-state index is 13.5. The van der Waals surface area contributed by atoms with Gasteiger partial charge in [0, 0.05) is 16.4 Å². The van der Waals surface area contributed by atoms with Crippen LogP contribution in [0.4, 0.5) is 5.69 Å². The van der Waals surface area contributed by atoms with Gasteiger partial charge in [0.25, 0.3) is 11.8 Å². The minimum absolute atomic E-state index is 0.0191. The van der Waals surface area contributed by atoms with Gasteiger partial charge in [0.1, 0.15) is 5.57 Å². The van der Waals surface area contributed by atoms with Crippen molar-refractivity contribution in [2.75, 3.05) is 4.90 Å². The maximum Gasteiger partial charge on any atom is 0.270 e. The largest absolute Gasteiger partial charge is 0.317 e. The number of carbonyl (C=O) groups excluding carboxylic acids is 2. The number of aromatic nitrogens is 1. The molecule has 2 amide bonds. The van der Waals surface area contributed by atoms with Crippen molar-refractivity contribution >= 4 is 52.5 Å². The summed E-state index contributed by atoms with van der Waals surface area (Å²) in [6.45, 7) is 12.1. The number of aryl methyl sites for hydroxylation is 4. The van der Waals surface area contributed by atoms with Gasteiger partial charge < -0.3 is 4.57 Å². The molecule has 1 aliphatic heterocycles. The summed E-state index contributed by atoms with van der Waals surface area (Å²) < 4.78 is 2.17. The maximum atomic E-state index is 13.5. The van der Waals surface area contributed by atoms with Gasteiger partial charge in [-0.1, -0.05) is 35.4 Å². The third kappa shape index (κ3) is 3.97. The van der Waals surface area contributed by atoms with Gasteiger partial charge in [-0.05, 0) is 100 Å². The highest BCUT2D eigenvalue weighted by atomic mass is 35.5. The van der Waals surface area contributed by atoms with E-state index in [4.69, 9.17) is 23.8 Å². The minimum Gasteiger partial charge on any atom is -0.317 e. The van der Waals surface area contributed by atoms with E-state index in [2.05, 4.69) is 42.8 Å². The first-order valence-corrected chi connectivity index (χ1v) is 11.7. The Labute approximate surface area is 210 Å². The molecule has 1 aromatic heterocycles. The number of hydrogen-bond donors (Lipinski definition) is 1. The van der Waals surface area contributed by atoms with E-state index < -0.39 is 11.8 Å². The summed E-state index contributed by atoms with van der Waals surface area (Å²) in [6, 6.07) is 11.6. The molecular formula is C27H26ClN3O2S. The van der Waals surface area contributed by atoms with E-state index in [-0.39, 0.29) is 10.7 Å². The van der Waals surface area contributed by atoms with Gasteiger partial charge in [0.05, 0.1) is 11.4 Å². The first-order chi connectivity index (χ1) is 16.0. The van der Waals surface area contributed by atoms with Crippen LogP contribution in [0.2, 0.25) is 5.02 Å². The third-order valence-electron chi connectivity index (χ3n) is 6.21. The number of halogens is 1. The molecule has 1 aliphatic rings. The highest BCUT2D eigenvalue weighted by molar-refractivity contribution is 7.80. The van der Waals surface area contributed by atoms with E-state index in [0.29, 0.717) is 16.3 Å². The summed E-state index contributed by atoms with van der Waals surface area (Å²) in [5.74, 6) is -0.995.